The summed E-state index contributed by atoms with van der Waals surface area (Å²) in [4.78, 5) is 0. The van der Waals surface area contributed by atoms with E-state index in [9.17, 15) is 4.39 Å². The number of nitrogens with zero attached hydrogens (tertiary/aromatic N) is 1. The largest absolute Gasteiger partial charge is 0.230 e. The summed E-state index contributed by atoms with van der Waals surface area (Å²) in [5, 5.41) is 0. The predicted octanol–water partition coefficient (Wildman–Crippen LogP) is 3.31. The molecule has 0 spiro atoms. The summed E-state index contributed by atoms with van der Waals surface area (Å²) in [6.45, 7) is 0. The van der Waals surface area contributed by atoms with Crippen molar-refractivity contribution in [3.05, 3.63) is 30.1 Å². The van der Waals surface area contributed by atoms with Crippen LogP contribution in [0.2, 0.25) is 0 Å². The molecular weight excluding hydrogens is 220 g/mol. The first-order valence-corrected chi connectivity index (χ1v) is 4.15. The van der Waals surface area contributed by atoms with E-state index in [0.717, 1.165) is 4.42 Å². The number of thiocarbonyl (C=S) groups is 1. The Bertz CT molecular complexity index is 305. The molecule has 0 saturated heterocycles. The predicted molar refractivity (Wildman–Crippen MR) is 53.2 cm³/mol. The summed E-state index contributed by atoms with van der Waals surface area (Å²) >= 11 is 15.5. The Labute approximate surface area is 84.8 Å². The highest BCUT2D eigenvalue weighted by molar-refractivity contribution is 7.83. The van der Waals surface area contributed by atoms with E-state index in [2.05, 4.69) is 12.2 Å². The number of para-hydroxylation sites is 1. The second kappa shape index (κ2) is 4.03. The Balaban J connectivity index is 3.02. The Morgan fingerprint density at radius 1 is 1.42 bits per heavy atom. The highest BCUT2D eigenvalue weighted by atomic mass is 35.5. The zero-order chi connectivity index (χ0) is 9.14. The molecule has 1 rings (SSSR count). The molecule has 1 nitrogen and oxygen atoms in total. The number of rotatable bonds is 1. The van der Waals surface area contributed by atoms with Crippen LogP contribution < -0.4 is 4.42 Å². The van der Waals surface area contributed by atoms with Gasteiger partial charge >= 0.3 is 0 Å². The zero-order valence-electron chi connectivity index (χ0n) is 5.80. The van der Waals surface area contributed by atoms with Gasteiger partial charge < -0.3 is 0 Å². The second-order valence-electron chi connectivity index (χ2n) is 1.99. The number of hydrogen-bond donors (Lipinski definition) is 0. The fourth-order valence-corrected chi connectivity index (χ4v) is 1.03. The molecule has 0 bridgehead atoms. The lowest BCUT2D eigenvalue weighted by molar-refractivity contribution is 0.630. The monoisotopic (exact) mass is 223 g/mol. The van der Waals surface area contributed by atoms with Crippen molar-refractivity contribution in [2.75, 3.05) is 4.42 Å². The van der Waals surface area contributed by atoms with Crippen molar-refractivity contribution >= 4 is 45.7 Å². The molecule has 0 saturated carbocycles. The van der Waals surface area contributed by atoms with Crippen LogP contribution in [0.25, 0.3) is 0 Å². The first kappa shape index (κ1) is 9.71. The number of halogens is 3. The molecule has 0 fully saturated rings. The van der Waals surface area contributed by atoms with Gasteiger partial charge in [0.05, 0.1) is 5.69 Å². The minimum absolute atomic E-state index is 0.109. The molecule has 0 amide bonds. The quantitative estimate of drug-likeness (QED) is 0.311. The molecule has 1 aromatic carbocycles. The van der Waals surface area contributed by atoms with E-state index < -0.39 is 5.82 Å². The van der Waals surface area contributed by atoms with E-state index >= 15 is 0 Å². The molecule has 1 aromatic rings. The SMILES string of the molecule is Fc1ccccc1N(Cl)C(=S)Cl. The molecule has 0 aliphatic rings. The highest BCUT2D eigenvalue weighted by Crippen LogP contribution is 2.21. The van der Waals surface area contributed by atoms with Gasteiger partial charge in [0.2, 0.25) is 0 Å². The van der Waals surface area contributed by atoms with E-state index in [1.807, 2.05) is 0 Å². The van der Waals surface area contributed by atoms with Crippen LogP contribution in [-0.2, 0) is 0 Å². The Morgan fingerprint density at radius 2 is 2.00 bits per heavy atom. The van der Waals surface area contributed by atoms with Gasteiger partial charge in [-0.15, -0.1) is 0 Å². The molecule has 5 heteroatoms. The molecule has 0 atom stereocenters. The standard InChI is InChI=1S/C7H4Cl2FNS/c8-7(12)11(9)6-4-2-1-3-5(6)10/h1-4H. The Morgan fingerprint density at radius 3 is 2.50 bits per heavy atom. The number of benzene rings is 1. The molecule has 0 aromatic heterocycles. The van der Waals surface area contributed by atoms with Gasteiger partial charge in [0.15, 0.2) is 4.45 Å². The van der Waals surface area contributed by atoms with Crippen molar-refractivity contribution in [2.24, 2.45) is 0 Å². The summed E-state index contributed by atoms with van der Waals surface area (Å²) < 4.78 is 13.7. The molecule has 0 aliphatic heterocycles. The zero-order valence-corrected chi connectivity index (χ0v) is 8.13. The van der Waals surface area contributed by atoms with Crippen LogP contribution in [0.1, 0.15) is 0 Å². The van der Waals surface area contributed by atoms with E-state index in [-0.39, 0.29) is 10.1 Å². The topological polar surface area (TPSA) is 3.24 Å². The van der Waals surface area contributed by atoms with Gasteiger partial charge in [0, 0.05) is 11.8 Å². The van der Waals surface area contributed by atoms with Crippen LogP contribution in [0, 0.1) is 5.82 Å². The van der Waals surface area contributed by atoms with Crippen LogP contribution in [0.5, 0.6) is 0 Å². The average Bonchev–Trinajstić information content (AvgIpc) is 2.04. The highest BCUT2D eigenvalue weighted by Gasteiger charge is 2.10. The van der Waals surface area contributed by atoms with Crippen LogP contribution >= 0.6 is 35.6 Å². The van der Waals surface area contributed by atoms with Gasteiger partial charge in [-0.25, -0.2) is 8.81 Å². The minimum Gasteiger partial charge on any atom is -0.230 e. The minimum atomic E-state index is -0.462. The third kappa shape index (κ3) is 2.06. The molecule has 0 aliphatic carbocycles. The van der Waals surface area contributed by atoms with E-state index in [0.29, 0.717) is 0 Å². The molecule has 12 heavy (non-hydrogen) atoms. The first-order valence-electron chi connectivity index (χ1n) is 3.03. The first-order chi connectivity index (χ1) is 5.63. The fraction of sp³-hybridized carbons (Fsp3) is 0. The van der Waals surface area contributed by atoms with Crippen LogP contribution in [0.4, 0.5) is 10.1 Å². The van der Waals surface area contributed by atoms with Crippen molar-refractivity contribution in [2.45, 2.75) is 0 Å². The molecule has 0 N–H and O–H groups in total. The van der Waals surface area contributed by atoms with Crippen molar-refractivity contribution in [1.82, 2.24) is 0 Å². The van der Waals surface area contributed by atoms with Crippen molar-refractivity contribution < 1.29 is 4.39 Å². The molecule has 0 unspecified atom stereocenters. The van der Waals surface area contributed by atoms with Crippen LogP contribution in [-0.4, -0.2) is 4.45 Å². The Kier molecular flexibility index (Phi) is 3.26. The smallest absolute Gasteiger partial charge is 0.189 e. The summed E-state index contributed by atoms with van der Waals surface area (Å²) in [6.07, 6.45) is 0. The summed E-state index contributed by atoms with van der Waals surface area (Å²) in [7, 11) is 0. The van der Waals surface area contributed by atoms with Gasteiger partial charge in [-0.05, 0) is 24.4 Å². The maximum absolute atomic E-state index is 13.0. The maximum atomic E-state index is 13.0. The van der Waals surface area contributed by atoms with Gasteiger partial charge in [0.1, 0.15) is 5.82 Å². The summed E-state index contributed by atoms with van der Waals surface area (Å²) in [6, 6.07) is 5.96. The lowest BCUT2D eigenvalue weighted by Crippen LogP contribution is -2.13. The number of hydrogen-bond acceptors (Lipinski definition) is 1. The molecule has 0 heterocycles. The Hall–Kier alpha value is -0.380. The third-order valence-corrected chi connectivity index (χ3v) is 2.11. The summed E-state index contributed by atoms with van der Waals surface area (Å²) in [5.41, 5.74) is 0.152. The van der Waals surface area contributed by atoms with E-state index in [4.69, 9.17) is 23.4 Å². The fourth-order valence-electron chi connectivity index (χ4n) is 0.706. The van der Waals surface area contributed by atoms with Crippen molar-refractivity contribution in [3.63, 3.8) is 0 Å². The van der Waals surface area contributed by atoms with E-state index in [1.54, 1.807) is 12.1 Å². The molecular formula is C7H4Cl2FNS. The average molecular weight is 224 g/mol. The van der Waals surface area contributed by atoms with Gasteiger partial charge in [-0.2, -0.15) is 0 Å². The van der Waals surface area contributed by atoms with Crippen LogP contribution in [0.3, 0.4) is 0 Å². The van der Waals surface area contributed by atoms with Gasteiger partial charge in [-0.1, -0.05) is 23.7 Å². The summed E-state index contributed by atoms with van der Waals surface area (Å²) in [5.74, 6) is -0.462. The number of anilines is 1. The lowest BCUT2D eigenvalue weighted by atomic mass is 10.3. The lowest BCUT2D eigenvalue weighted by Gasteiger charge is -2.11. The molecule has 64 valence electrons. The van der Waals surface area contributed by atoms with Crippen molar-refractivity contribution in [1.29, 1.82) is 0 Å². The molecule has 0 radical (unpaired) electrons. The van der Waals surface area contributed by atoms with Gasteiger partial charge in [-0.3, -0.25) is 0 Å². The van der Waals surface area contributed by atoms with E-state index in [1.165, 1.54) is 12.1 Å². The van der Waals surface area contributed by atoms with Crippen LogP contribution in [0.15, 0.2) is 24.3 Å². The normalized spacial score (nSPS) is 9.58. The van der Waals surface area contributed by atoms with Crippen molar-refractivity contribution in [3.8, 4) is 0 Å². The maximum Gasteiger partial charge on any atom is 0.189 e. The third-order valence-electron chi connectivity index (χ3n) is 1.22. The second-order valence-corrected chi connectivity index (χ2v) is 3.29. The van der Waals surface area contributed by atoms with Gasteiger partial charge in [0.25, 0.3) is 0 Å².